The summed E-state index contributed by atoms with van der Waals surface area (Å²) >= 11 is 5.98. The third-order valence-electron chi connectivity index (χ3n) is 7.88. The van der Waals surface area contributed by atoms with Gasteiger partial charge in [0.2, 0.25) is 5.91 Å². The number of rotatable bonds is 12. The molecule has 1 aliphatic carbocycles. The first-order chi connectivity index (χ1) is 21.4. The third-order valence-corrected chi connectivity index (χ3v) is 8.17. The van der Waals surface area contributed by atoms with Crippen molar-refractivity contribution in [3.63, 3.8) is 0 Å². The van der Waals surface area contributed by atoms with Gasteiger partial charge < -0.3 is 20.1 Å². The molecule has 2 fully saturated rings. The van der Waals surface area contributed by atoms with Crippen LogP contribution >= 0.6 is 11.6 Å². The molecular formula is C32H38ClFN6O4. The Morgan fingerprint density at radius 2 is 1.86 bits per heavy atom. The molecule has 1 saturated carbocycles. The van der Waals surface area contributed by atoms with Crippen LogP contribution in [0.25, 0.3) is 10.9 Å². The SMILES string of the molecule is CCOC(=O)CN1CCN(C/C=C/C(=O)Nc2cc3c(Nc4ccc(F)c(Cl)c4)ncnc3cc2OCC2CCCC2)CC1. The molecule has 5 rings (SSSR count). The van der Waals surface area contributed by atoms with Crippen molar-refractivity contribution >= 4 is 51.6 Å². The van der Waals surface area contributed by atoms with E-state index in [1.54, 1.807) is 19.1 Å². The average molecular weight is 625 g/mol. The van der Waals surface area contributed by atoms with E-state index in [9.17, 15) is 14.0 Å². The lowest BCUT2D eigenvalue weighted by Crippen LogP contribution is -2.48. The summed E-state index contributed by atoms with van der Waals surface area (Å²) in [6.45, 7) is 6.79. The molecule has 1 amide bonds. The number of nitrogens with zero attached hydrogens (tertiary/aromatic N) is 4. The monoisotopic (exact) mass is 624 g/mol. The van der Waals surface area contributed by atoms with Crippen molar-refractivity contribution in [2.45, 2.75) is 32.6 Å². The summed E-state index contributed by atoms with van der Waals surface area (Å²) in [5.74, 6) is 0.507. The minimum Gasteiger partial charge on any atom is -0.491 e. The first kappa shape index (κ1) is 31.6. The van der Waals surface area contributed by atoms with E-state index >= 15 is 0 Å². The lowest BCUT2D eigenvalue weighted by atomic mass is 10.1. The molecular weight excluding hydrogens is 587 g/mol. The number of benzene rings is 2. The predicted octanol–water partition coefficient (Wildman–Crippen LogP) is 5.41. The maximum Gasteiger partial charge on any atom is 0.320 e. The number of hydrogen-bond acceptors (Lipinski definition) is 9. The summed E-state index contributed by atoms with van der Waals surface area (Å²) in [7, 11) is 0. The molecule has 2 aliphatic rings. The third kappa shape index (κ3) is 8.64. The van der Waals surface area contributed by atoms with Gasteiger partial charge in [-0.15, -0.1) is 0 Å². The summed E-state index contributed by atoms with van der Waals surface area (Å²) < 4.78 is 25.0. The Balaban J connectivity index is 1.27. The molecule has 0 atom stereocenters. The summed E-state index contributed by atoms with van der Waals surface area (Å²) in [5, 5.41) is 6.81. The molecule has 0 bridgehead atoms. The number of hydrogen-bond donors (Lipinski definition) is 2. The molecule has 1 aromatic heterocycles. The molecule has 0 spiro atoms. The van der Waals surface area contributed by atoms with Crippen LogP contribution in [0.15, 0.2) is 48.8 Å². The largest absolute Gasteiger partial charge is 0.491 e. The van der Waals surface area contributed by atoms with Crippen LogP contribution in [0.1, 0.15) is 32.6 Å². The van der Waals surface area contributed by atoms with E-state index in [2.05, 4.69) is 30.4 Å². The Kier molecular flexibility index (Phi) is 11.0. The molecule has 1 saturated heterocycles. The van der Waals surface area contributed by atoms with Crippen molar-refractivity contribution in [1.82, 2.24) is 19.8 Å². The van der Waals surface area contributed by atoms with Crippen molar-refractivity contribution in [2.24, 2.45) is 5.92 Å². The Morgan fingerprint density at radius 3 is 2.61 bits per heavy atom. The number of piperazine rings is 1. The standard InChI is InChI=1S/C32H38ClFN6O4/c1-2-43-31(42)19-40-14-12-39(13-15-40)11-5-8-30(41)38-28-17-24-27(18-29(28)44-20-22-6-3-4-7-22)35-21-36-32(24)37-23-9-10-26(34)25(33)16-23/h5,8-10,16-18,21-22H,2-4,6-7,11-15,19-20H2,1H3,(H,38,41)(H,35,36,37)/b8-5+. The fourth-order valence-corrected chi connectivity index (χ4v) is 5.68. The number of nitrogens with one attached hydrogen (secondary N) is 2. The zero-order valence-corrected chi connectivity index (χ0v) is 25.6. The van der Waals surface area contributed by atoms with Gasteiger partial charge in [-0.3, -0.25) is 19.4 Å². The van der Waals surface area contributed by atoms with Crippen LogP contribution < -0.4 is 15.4 Å². The summed E-state index contributed by atoms with van der Waals surface area (Å²) in [6, 6.07) is 7.94. The van der Waals surface area contributed by atoms with Crippen LogP contribution in [-0.2, 0) is 14.3 Å². The van der Waals surface area contributed by atoms with Gasteiger partial charge in [0.05, 0.1) is 36.0 Å². The van der Waals surface area contributed by atoms with E-state index in [1.807, 2.05) is 12.1 Å². The van der Waals surface area contributed by atoms with Crippen molar-refractivity contribution in [3.8, 4) is 5.75 Å². The summed E-state index contributed by atoms with van der Waals surface area (Å²) in [5.41, 5.74) is 1.70. The van der Waals surface area contributed by atoms with E-state index in [-0.39, 0.29) is 16.9 Å². The lowest BCUT2D eigenvalue weighted by molar-refractivity contribution is -0.144. The number of halogens is 2. The van der Waals surface area contributed by atoms with Crippen LogP contribution in [0.3, 0.4) is 0 Å². The second kappa shape index (κ2) is 15.3. The highest BCUT2D eigenvalue weighted by Gasteiger charge is 2.20. The Hall–Kier alpha value is -3.80. The number of ether oxygens (including phenoxy) is 2. The predicted molar refractivity (Wildman–Crippen MR) is 169 cm³/mol. The second-order valence-corrected chi connectivity index (χ2v) is 11.5. The summed E-state index contributed by atoms with van der Waals surface area (Å²) in [6.07, 6.45) is 9.47. The smallest absolute Gasteiger partial charge is 0.320 e. The van der Waals surface area contributed by atoms with Crippen molar-refractivity contribution in [3.05, 3.63) is 59.7 Å². The van der Waals surface area contributed by atoms with Gasteiger partial charge in [0, 0.05) is 55.9 Å². The molecule has 12 heteroatoms. The minimum atomic E-state index is -0.511. The number of fused-ring (bicyclic) bond motifs is 1. The maximum atomic E-state index is 13.7. The first-order valence-electron chi connectivity index (χ1n) is 15.1. The van der Waals surface area contributed by atoms with Crippen LogP contribution in [-0.4, -0.2) is 84.1 Å². The number of amides is 1. The normalized spacial score (nSPS) is 16.4. The topological polar surface area (TPSA) is 109 Å². The number of carbonyl (C=O) groups excluding carboxylic acids is 2. The average Bonchev–Trinajstić information content (AvgIpc) is 3.53. The van der Waals surface area contributed by atoms with E-state index in [4.69, 9.17) is 21.1 Å². The van der Waals surface area contributed by atoms with E-state index in [0.717, 1.165) is 39.0 Å². The van der Waals surface area contributed by atoms with Crippen LogP contribution in [0.2, 0.25) is 5.02 Å². The lowest BCUT2D eigenvalue weighted by Gasteiger charge is -2.33. The Morgan fingerprint density at radius 1 is 1.09 bits per heavy atom. The molecule has 3 aromatic rings. The van der Waals surface area contributed by atoms with Crippen LogP contribution in [0.5, 0.6) is 5.75 Å². The number of carbonyl (C=O) groups is 2. The van der Waals surface area contributed by atoms with Crippen molar-refractivity contribution in [2.75, 3.05) is 63.1 Å². The zero-order valence-electron chi connectivity index (χ0n) is 24.9. The van der Waals surface area contributed by atoms with Gasteiger partial charge in [-0.2, -0.15) is 0 Å². The Bertz CT molecular complexity index is 1490. The zero-order chi connectivity index (χ0) is 30.9. The second-order valence-electron chi connectivity index (χ2n) is 11.1. The van der Waals surface area contributed by atoms with Crippen LogP contribution in [0, 0.1) is 11.7 Å². The number of anilines is 3. The van der Waals surface area contributed by atoms with Gasteiger partial charge in [-0.05, 0) is 49.9 Å². The molecule has 0 radical (unpaired) electrons. The van der Waals surface area contributed by atoms with Gasteiger partial charge in [0.25, 0.3) is 0 Å². The van der Waals surface area contributed by atoms with E-state index in [0.29, 0.717) is 66.1 Å². The van der Waals surface area contributed by atoms with E-state index < -0.39 is 5.82 Å². The minimum absolute atomic E-state index is 0.00532. The number of aromatic nitrogens is 2. The molecule has 2 aromatic carbocycles. The molecule has 0 unspecified atom stereocenters. The fourth-order valence-electron chi connectivity index (χ4n) is 5.50. The molecule has 44 heavy (non-hydrogen) atoms. The van der Waals surface area contributed by atoms with Gasteiger partial charge in [0.1, 0.15) is 23.7 Å². The van der Waals surface area contributed by atoms with Gasteiger partial charge >= 0.3 is 5.97 Å². The first-order valence-corrected chi connectivity index (χ1v) is 15.5. The highest BCUT2D eigenvalue weighted by atomic mass is 35.5. The van der Waals surface area contributed by atoms with Gasteiger partial charge in [-0.25, -0.2) is 14.4 Å². The van der Waals surface area contributed by atoms with Crippen molar-refractivity contribution < 1.29 is 23.5 Å². The quantitative estimate of drug-likeness (QED) is 0.202. The highest BCUT2D eigenvalue weighted by Crippen LogP contribution is 2.35. The fraction of sp³-hybridized carbons (Fsp3) is 0.438. The molecule has 2 N–H and O–H groups in total. The molecule has 234 valence electrons. The van der Waals surface area contributed by atoms with Crippen LogP contribution in [0.4, 0.5) is 21.6 Å². The van der Waals surface area contributed by atoms with E-state index in [1.165, 1.54) is 37.4 Å². The molecule has 1 aliphatic heterocycles. The van der Waals surface area contributed by atoms with Gasteiger partial charge in [-0.1, -0.05) is 30.5 Å². The summed E-state index contributed by atoms with van der Waals surface area (Å²) in [4.78, 5) is 37.9. The number of esters is 1. The highest BCUT2D eigenvalue weighted by molar-refractivity contribution is 6.31. The Labute approximate surface area is 261 Å². The van der Waals surface area contributed by atoms with Crippen molar-refractivity contribution in [1.29, 1.82) is 0 Å². The molecule has 2 heterocycles. The molecule has 10 nitrogen and oxygen atoms in total. The maximum absolute atomic E-state index is 13.7. The van der Waals surface area contributed by atoms with Gasteiger partial charge in [0.15, 0.2) is 0 Å².